The van der Waals surface area contributed by atoms with Gasteiger partial charge in [0.25, 0.3) is 11.6 Å². The highest BCUT2D eigenvalue weighted by Gasteiger charge is 2.24. The predicted molar refractivity (Wildman–Crippen MR) is 70.3 cm³/mol. The molecule has 0 aliphatic carbocycles. The Morgan fingerprint density at radius 3 is 2.80 bits per heavy atom. The molecule has 0 aliphatic heterocycles. The van der Waals surface area contributed by atoms with Crippen LogP contribution in [0.5, 0.6) is 0 Å². The van der Waals surface area contributed by atoms with Crippen LogP contribution >= 0.6 is 0 Å². The highest BCUT2D eigenvalue weighted by atomic mass is 16.5. The molecule has 0 radical (unpaired) electrons. The van der Waals surface area contributed by atoms with Crippen molar-refractivity contribution in [1.29, 1.82) is 0 Å². The van der Waals surface area contributed by atoms with Crippen LogP contribution in [0.25, 0.3) is 11.1 Å². The Morgan fingerprint density at radius 1 is 1.45 bits per heavy atom. The van der Waals surface area contributed by atoms with Crippen molar-refractivity contribution in [3.8, 4) is 0 Å². The van der Waals surface area contributed by atoms with E-state index in [2.05, 4.69) is 15.5 Å². The summed E-state index contributed by atoms with van der Waals surface area (Å²) in [5, 5.41) is 15.9. The van der Waals surface area contributed by atoms with Gasteiger partial charge < -0.3 is 14.9 Å². The summed E-state index contributed by atoms with van der Waals surface area (Å²) >= 11 is 0. The van der Waals surface area contributed by atoms with Gasteiger partial charge in [-0.1, -0.05) is 5.16 Å². The molecule has 2 aromatic rings. The maximum Gasteiger partial charge on any atom is 0.305 e. The standard InChI is InChI=1S/C13H15N3O4/c1-7-9-4-8(6-14-12(9)20-16-7)11(19)15-13(2,3)5-10(17)18/h4,6H,5H2,1-3H3,(H,15,19)(H,17,18). The minimum atomic E-state index is -0.973. The molecule has 0 unspecified atom stereocenters. The van der Waals surface area contributed by atoms with Gasteiger partial charge in [-0.05, 0) is 26.8 Å². The number of pyridine rings is 1. The molecule has 20 heavy (non-hydrogen) atoms. The molecule has 0 saturated carbocycles. The first-order valence-corrected chi connectivity index (χ1v) is 6.05. The van der Waals surface area contributed by atoms with Gasteiger partial charge in [-0.25, -0.2) is 4.98 Å². The Hall–Kier alpha value is -2.44. The number of amides is 1. The second-order valence-electron chi connectivity index (χ2n) is 5.25. The van der Waals surface area contributed by atoms with Gasteiger partial charge in [0.1, 0.15) is 0 Å². The number of rotatable bonds is 4. The fourth-order valence-electron chi connectivity index (χ4n) is 1.87. The van der Waals surface area contributed by atoms with Crippen molar-refractivity contribution < 1.29 is 19.2 Å². The largest absolute Gasteiger partial charge is 0.481 e. The predicted octanol–water partition coefficient (Wildman–Crippen LogP) is 1.51. The molecule has 0 aromatic carbocycles. The van der Waals surface area contributed by atoms with E-state index in [0.29, 0.717) is 22.4 Å². The minimum Gasteiger partial charge on any atom is -0.481 e. The summed E-state index contributed by atoms with van der Waals surface area (Å²) in [7, 11) is 0. The average Bonchev–Trinajstić information content (AvgIpc) is 2.68. The summed E-state index contributed by atoms with van der Waals surface area (Å²) in [6, 6.07) is 1.63. The van der Waals surface area contributed by atoms with Crippen molar-refractivity contribution in [2.24, 2.45) is 0 Å². The topological polar surface area (TPSA) is 105 Å². The van der Waals surface area contributed by atoms with Crippen molar-refractivity contribution >= 4 is 23.0 Å². The number of aliphatic carboxylic acids is 1. The van der Waals surface area contributed by atoms with Crippen molar-refractivity contribution in [2.75, 3.05) is 0 Å². The highest BCUT2D eigenvalue weighted by Crippen LogP contribution is 2.17. The number of aromatic nitrogens is 2. The van der Waals surface area contributed by atoms with E-state index in [1.165, 1.54) is 6.20 Å². The lowest BCUT2D eigenvalue weighted by Gasteiger charge is -2.24. The van der Waals surface area contributed by atoms with Crippen LogP contribution in [0.15, 0.2) is 16.8 Å². The molecule has 2 N–H and O–H groups in total. The molecular formula is C13H15N3O4. The Balaban J connectivity index is 2.23. The third kappa shape index (κ3) is 2.93. The van der Waals surface area contributed by atoms with Gasteiger partial charge in [0.15, 0.2) is 0 Å². The zero-order chi connectivity index (χ0) is 14.9. The third-order valence-electron chi connectivity index (χ3n) is 2.82. The van der Waals surface area contributed by atoms with Crippen LogP contribution < -0.4 is 5.32 Å². The van der Waals surface area contributed by atoms with Crippen LogP contribution in [0.1, 0.15) is 36.3 Å². The van der Waals surface area contributed by atoms with E-state index < -0.39 is 11.5 Å². The number of hydrogen-bond donors (Lipinski definition) is 2. The first-order chi connectivity index (χ1) is 9.28. The lowest BCUT2D eigenvalue weighted by atomic mass is 10.00. The maximum atomic E-state index is 12.1. The molecule has 0 atom stereocenters. The van der Waals surface area contributed by atoms with Crippen LogP contribution in [-0.2, 0) is 4.79 Å². The van der Waals surface area contributed by atoms with E-state index >= 15 is 0 Å². The van der Waals surface area contributed by atoms with E-state index in [4.69, 9.17) is 9.63 Å². The number of carbonyl (C=O) groups is 2. The van der Waals surface area contributed by atoms with E-state index in [1.807, 2.05) is 0 Å². The number of hydrogen-bond acceptors (Lipinski definition) is 5. The van der Waals surface area contributed by atoms with E-state index in [0.717, 1.165) is 0 Å². The lowest BCUT2D eigenvalue weighted by Crippen LogP contribution is -2.44. The second-order valence-corrected chi connectivity index (χ2v) is 5.25. The number of carboxylic acid groups (broad SMARTS) is 1. The fourth-order valence-corrected chi connectivity index (χ4v) is 1.87. The number of nitrogens with one attached hydrogen (secondary N) is 1. The molecule has 7 heteroatoms. The summed E-state index contributed by atoms with van der Waals surface area (Å²) < 4.78 is 4.97. The number of carbonyl (C=O) groups excluding carboxylic acids is 1. The molecular weight excluding hydrogens is 262 g/mol. The Kier molecular flexibility index (Phi) is 3.44. The number of aryl methyl sites for hydroxylation is 1. The molecule has 0 aliphatic rings. The van der Waals surface area contributed by atoms with Gasteiger partial charge in [-0.2, -0.15) is 0 Å². The molecule has 1 amide bonds. The third-order valence-corrected chi connectivity index (χ3v) is 2.82. The molecule has 7 nitrogen and oxygen atoms in total. The normalized spacial score (nSPS) is 11.6. The molecule has 2 heterocycles. The minimum absolute atomic E-state index is 0.166. The fraction of sp³-hybridized carbons (Fsp3) is 0.385. The molecule has 106 valence electrons. The maximum absolute atomic E-state index is 12.1. The van der Waals surface area contributed by atoms with Crippen molar-refractivity contribution in [3.05, 3.63) is 23.5 Å². The zero-order valence-corrected chi connectivity index (χ0v) is 11.4. The molecule has 0 spiro atoms. The van der Waals surface area contributed by atoms with Crippen LogP contribution in [0.4, 0.5) is 0 Å². The molecule has 2 aromatic heterocycles. The first kappa shape index (κ1) is 14.0. The summed E-state index contributed by atoms with van der Waals surface area (Å²) in [5.74, 6) is -1.36. The Bertz CT molecular complexity index is 675. The summed E-state index contributed by atoms with van der Waals surface area (Å²) in [5.41, 5.74) is 0.500. The molecule has 0 bridgehead atoms. The summed E-state index contributed by atoms with van der Waals surface area (Å²) in [6.45, 7) is 5.05. The first-order valence-electron chi connectivity index (χ1n) is 6.05. The van der Waals surface area contributed by atoms with Gasteiger partial charge in [0.05, 0.1) is 23.1 Å². The Morgan fingerprint density at radius 2 is 2.15 bits per heavy atom. The Labute approximate surface area is 115 Å². The van der Waals surface area contributed by atoms with Gasteiger partial charge in [-0.3, -0.25) is 9.59 Å². The summed E-state index contributed by atoms with van der Waals surface area (Å²) in [6.07, 6.45) is 1.21. The average molecular weight is 277 g/mol. The summed E-state index contributed by atoms with van der Waals surface area (Å²) in [4.78, 5) is 26.9. The van der Waals surface area contributed by atoms with E-state index in [1.54, 1.807) is 26.8 Å². The number of carboxylic acids is 1. The van der Waals surface area contributed by atoms with Gasteiger partial charge in [0.2, 0.25) is 0 Å². The van der Waals surface area contributed by atoms with Crippen LogP contribution in [0, 0.1) is 6.92 Å². The van der Waals surface area contributed by atoms with E-state index in [9.17, 15) is 9.59 Å². The van der Waals surface area contributed by atoms with Crippen LogP contribution in [0.3, 0.4) is 0 Å². The van der Waals surface area contributed by atoms with Gasteiger partial charge in [-0.15, -0.1) is 0 Å². The van der Waals surface area contributed by atoms with Crippen molar-refractivity contribution in [3.63, 3.8) is 0 Å². The number of fused-ring (bicyclic) bond motifs is 1. The van der Waals surface area contributed by atoms with Crippen LogP contribution in [0.2, 0.25) is 0 Å². The second kappa shape index (κ2) is 4.92. The molecule has 0 saturated heterocycles. The van der Waals surface area contributed by atoms with Gasteiger partial charge in [0, 0.05) is 11.7 Å². The van der Waals surface area contributed by atoms with E-state index in [-0.39, 0.29) is 12.3 Å². The molecule has 0 fully saturated rings. The van der Waals surface area contributed by atoms with Gasteiger partial charge >= 0.3 is 5.97 Å². The van der Waals surface area contributed by atoms with Crippen LogP contribution in [-0.4, -0.2) is 32.7 Å². The SMILES string of the molecule is Cc1noc2ncc(C(=O)NC(C)(C)CC(=O)O)cc12. The highest BCUT2D eigenvalue weighted by molar-refractivity contribution is 5.97. The number of nitrogens with zero attached hydrogens (tertiary/aromatic N) is 2. The molecule has 2 rings (SSSR count). The zero-order valence-electron chi connectivity index (χ0n) is 11.4. The smallest absolute Gasteiger partial charge is 0.305 e. The quantitative estimate of drug-likeness (QED) is 0.877. The van der Waals surface area contributed by atoms with Crippen molar-refractivity contribution in [2.45, 2.75) is 32.7 Å². The lowest BCUT2D eigenvalue weighted by molar-refractivity contribution is -0.138. The monoisotopic (exact) mass is 277 g/mol. The van der Waals surface area contributed by atoms with Crippen molar-refractivity contribution in [1.82, 2.24) is 15.5 Å².